The number of H-pyrrole nitrogens is 2. The Kier molecular flexibility index (Phi) is 2.71. The molecular weight excluding hydrogens is 319 g/mol. The van der Waals surface area contributed by atoms with E-state index in [0.29, 0.717) is 0 Å². The minimum Gasteiger partial charge on any atom is -0.309 e. The lowest BCUT2D eigenvalue weighted by atomic mass is 10.3. The molecule has 0 aliphatic carbocycles. The largest absolute Gasteiger partial charge is 0.317 e. The molecule has 0 radical (unpaired) electrons. The maximum atomic E-state index is 11.1. The molecule has 0 aliphatic rings. The van der Waals surface area contributed by atoms with Crippen molar-refractivity contribution in [3.63, 3.8) is 0 Å². The van der Waals surface area contributed by atoms with Crippen molar-refractivity contribution in [2.45, 2.75) is 0 Å². The fraction of sp³-hybridized carbons (Fsp3) is 0. The van der Waals surface area contributed by atoms with Crippen molar-refractivity contribution in [2.75, 3.05) is 0 Å². The zero-order chi connectivity index (χ0) is 12.7. The number of pyridine rings is 1. The Labute approximate surface area is 105 Å². The number of rotatable bonds is 1. The Hall–Kier alpha value is -1.74. The van der Waals surface area contributed by atoms with E-state index in [2.05, 4.69) is 30.9 Å². The monoisotopic (exact) mass is 320 g/mol. The average Bonchev–Trinajstić information content (AvgIpc) is 2.23. The third-order valence-electron chi connectivity index (χ3n) is 1.93. The molecule has 2 N–H and O–H groups in total. The molecule has 0 aliphatic heterocycles. The molecule has 0 saturated heterocycles. The minimum absolute atomic E-state index is 0.000987. The molecule has 0 unspecified atom stereocenters. The molecule has 0 saturated carbocycles. The van der Waals surface area contributed by atoms with Crippen LogP contribution < -0.4 is 11.1 Å². The van der Waals surface area contributed by atoms with E-state index >= 15 is 0 Å². The van der Waals surface area contributed by atoms with E-state index in [0.717, 1.165) is 0 Å². The smallest absolute Gasteiger partial charge is 0.309 e. The highest BCUT2D eigenvalue weighted by Gasteiger charge is 2.23. The maximum absolute atomic E-state index is 11.1. The summed E-state index contributed by atoms with van der Waals surface area (Å²) >= 11 is 8.61. The molecule has 0 atom stereocenters. The zero-order valence-corrected chi connectivity index (χ0v) is 10.1. The van der Waals surface area contributed by atoms with Crippen LogP contribution in [-0.4, -0.2) is 19.9 Å². The van der Waals surface area contributed by atoms with Crippen LogP contribution in [0, 0.1) is 10.1 Å². The SMILES string of the molecule is O=c1[nH]c2nc(Br)c(Cl)c([N+](=O)[O-])c2[nH]c1=O. The first-order valence-corrected chi connectivity index (χ1v) is 5.24. The lowest BCUT2D eigenvalue weighted by Crippen LogP contribution is -2.29. The van der Waals surface area contributed by atoms with Crippen LogP contribution >= 0.6 is 27.5 Å². The van der Waals surface area contributed by atoms with Gasteiger partial charge in [0.15, 0.2) is 16.2 Å². The lowest BCUT2D eigenvalue weighted by molar-refractivity contribution is -0.383. The molecule has 17 heavy (non-hydrogen) atoms. The van der Waals surface area contributed by atoms with Gasteiger partial charge in [0.2, 0.25) is 0 Å². The number of nitro groups is 1. The van der Waals surface area contributed by atoms with Crippen molar-refractivity contribution in [1.82, 2.24) is 15.0 Å². The standard InChI is InChI=1S/C7H2BrClN4O4/c8-4-1(9)3(13(16)17)2-5(11-4)12-7(15)6(14)10-2/h(H,10,14)(H,11,12,15). The van der Waals surface area contributed by atoms with Gasteiger partial charge in [-0.05, 0) is 15.9 Å². The summed E-state index contributed by atoms with van der Waals surface area (Å²) in [5, 5.41) is 10.6. The summed E-state index contributed by atoms with van der Waals surface area (Å²) in [6, 6.07) is 0. The van der Waals surface area contributed by atoms with Crippen LogP contribution in [0.5, 0.6) is 0 Å². The summed E-state index contributed by atoms with van der Waals surface area (Å²) in [6.45, 7) is 0. The van der Waals surface area contributed by atoms with E-state index in [9.17, 15) is 19.7 Å². The number of nitrogens with zero attached hydrogens (tertiary/aromatic N) is 2. The van der Waals surface area contributed by atoms with E-state index in [-0.39, 0.29) is 20.8 Å². The van der Waals surface area contributed by atoms with Crippen LogP contribution in [0.15, 0.2) is 14.2 Å². The van der Waals surface area contributed by atoms with Gasteiger partial charge in [0.25, 0.3) is 0 Å². The highest BCUT2D eigenvalue weighted by molar-refractivity contribution is 9.10. The van der Waals surface area contributed by atoms with Gasteiger partial charge in [-0.3, -0.25) is 19.7 Å². The van der Waals surface area contributed by atoms with Gasteiger partial charge in [0.1, 0.15) is 4.60 Å². The topological polar surface area (TPSA) is 122 Å². The molecule has 2 aromatic heterocycles. The van der Waals surface area contributed by atoms with Gasteiger partial charge in [-0.2, -0.15) is 0 Å². The van der Waals surface area contributed by atoms with Crippen molar-refractivity contribution in [1.29, 1.82) is 0 Å². The molecule has 0 amide bonds. The van der Waals surface area contributed by atoms with Gasteiger partial charge >= 0.3 is 16.8 Å². The Balaban J connectivity index is 3.09. The van der Waals surface area contributed by atoms with Gasteiger partial charge in [-0.25, -0.2) is 4.98 Å². The number of aromatic nitrogens is 3. The maximum Gasteiger partial charge on any atom is 0.317 e. The first-order valence-electron chi connectivity index (χ1n) is 4.07. The molecule has 0 fully saturated rings. The van der Waals surface area contributed by atoms with Crippen molar-refractivity contribution in [3.05, 3.63) is 40.4 Å². The van der Waals surface area contributed by atoms with Crippen LogP contribution in [0.2, 0.25) is 5.02 Å². The Morgan fingerprint density at radius 1 is 1.29 bits per heavy atom. The molecule has 2 aromatic rings. The molecule has 10 heteroatoms. The molecule has 88 valence electrons. The molecule has 2 rings (SSSR count). The van der Waals surface area contributed by atoms with Crippen LogP contribution in [0.4, 0.5) is 5.69 Å². The van der Waals surface area contributed by atoms with Gasteiger partial charge in [-0.1, -0.05) is 11.6 Å². The lowest BCUT2D eigenvalue weighted by Gasteiger charge is -2.01. The minimum atomic E-state index is -1.01. The van der Waals surface area contributed by atoms with E-state index in [1.54, 1.807) is 0 Å². The number of hydrogen-bond donors (Lipinski definition) is 2. The van der Waals surface area contributed by atoms with Gasteiger partial charge in [0, 0.05) is 0 Å². The van der Waals surface area contributed by atoms with Crippen molar-refractivity contribution in [3.8, 4) is 0 Å². The number of nitrogens with one attached hydrogen (secondary N) is 2. The van der Waals surface area contributed by atoms with E-state index in [4.69, 9.17) is 11.6 Å². The number of fused-ring (bicyclic) bond motifs is 1. The molecule has 0 spiro atoms. The van der Waals surface area contributed by atoms with Crippen LogP contribution in [0.25, 0.3) is 11.2 Å². The second kappa shape index (κ2) is 3.93. The van der Waals surface area contributed by atoms with Gasteiger partial charge in [-0.15, -0.1) is 0 Å². The van der Waals surface area contributed by atoms with E-state index < -0.39 is 21.7 Å². The van der Waals surface area contributed by atoms with E-state index in [1.165, 1.54) is 0 Å². The average molecular weight is 321 g/mol. The predicted molar refractivity (Wildman–Crippen MR) is 62.3 cm³/mol. The third kappa shape index (κ3) is 1.83. The molecular formula is C7H2BrClN4O4. The molecule has 8 nitrogen and oxygen atoms in total. The summed E-state index contributed by atoms with van der Waals surface area (Å²) in [4.78, 5) is 40.2. The second-order valence-electron chi connectivity index (χ2n) is 2.95. The Bertz CT molecular complexity index is 752. The first kappa shape index (κ1) is 11.7. The van der Waals surface area contributed by atoms with Crippen molar-refractivity contribution in [2.24, 2.45) is 0 Å². The van der Waals surface area contributed by atoms with E-state index in [1.807, 2.05) is 0 Å². The Morgan fingerprint density at radius 3 is 2.47 bits per heavy atom. The summed E-state index contributed by atoms with van der Waals surface area (Å²) in [5.74, 6) is 0. The normalized spacial score (nSPS) is 10.7. The fourth-order valence-corrected chi connectivity index (χ4v) is 1.81. The van der Waals surface area contributed by atoms with Gasteiger partial charge < -0.3 is 9.97 Å². The molecule has 2 heterocycles. The zero-order valence-electron chi connectivity index (χ0n) is 7.78. The van der Waals surface area contributed by atoms with Gasteiger partial charge in [0.05, 0.1) is 4.92 Å². The predicted octanol–water partition coefficient (Wildman–Crippen LogP) is 0.935. The number of aromatic amines is 2. The second-order valence-corrected chi connectivity index (χ2v) is 4.08. The summed E-state index contributed by atoms with van der Waals surface area (Å²) in [5.41, 5.74) is -2.85. The van der Waals surface area contributed by atoms with Crippen molar-refractivity contribution >= 4 is 44.4 Å². The molecule has 0 aromatic carbocycles. The number of hydrogen-bond acceptors (Lipinski definition) is 5. The summed E-state index contributed by atoms with van der Waals surface area (Å²) < 4.78 is 0.000987. The highest BCUT2D eigenvalue weighted by atomic mass is 79.9. The van der Waals surface area contributed by atoms with Crippen LogP contribution in [0.3, 0.4) is 0 Å². The summed E-state index contributed by atoms with van der Waals surface area (Å²) in [6.07, 6.45) is 0. The number of halogens is 2. The first-order chi connectivity index (χ1) is 7.91. The quantitative estimate of drug-likeness (QED) is 0.350. The fourth-order valence-electron chi connectivity index (χ4n) is 1.24. The van der Waals surface area contributed by atoms with Crippen LogP contribution in [0.1, 0.15) is 0 Å². The highest BCUT2D eigenvalue weighted by Crippen LogP contribution is 2.34. The third-order valence-corrected chi connectivity index (χ3v) is 3.09. The van der Waals surface area contributed by atoms with Crippen LogP contribution in [-0.2, 0) is 0 Å². The summed E-state index contributed by atoms with van der Waals surface area (Å²) in [7, 11) is 0. The molecule has 0 bridgehead atoms. The Morgan fingerprint density at radius 2 is 1.88 bits per heavy atom. The van der Waals surface area contributed by atoms with Crippen molar-refractivity contribution < 1.29 is 4.92 Å².